The molecule has 0 radical (unpaired) electrons. The molecule has 0 heterocycles. The maximum absolute atomic E-state index is 9.97. The fraction of sp³-hybridized carbons (Fsp3) is 1.00. The monoisotopic (exact) mass is 287 g/mol. The minimum Gasteiger partial charge on any atom is -0.393 e. The summed E-state index contributed by atoms with van der Waals surface area (Å²) in [6.07, 6.45) is 6.40. The van der Waals surface area contributed by atoms with Gasteiger partial charge in [-0.05, 0) is 39.0 Å². The van der Waals surface area contributed by atoms with Crippen LogP contribution in [0.3, 0.4) is 0 Å². The van der Waals surface area contributed by atoms with Crippen LogP contribution in [0.5, 0.6) is 0 Å². The van der Waals surface area contributed by atoms with Gasteiger partial charge in [0.2, 0.25) is 0 Å². The number of aliphatic hydroxyl groups is 2. The van der Waals surface area contributed by atoms with Gasteiger partial charge in [-0.2, -0.15) is 0 Å². The molecule has 0 bridgehead atoms. The summed E-state index contributed by atoms with van der Waals surface area (Å²) in [4.78, 5) is 0. The highest BCUT2D eigenvalue weighted by Gasteiger charge is 2.24. The Labute approximate surface area is 123 Å². The van der Waals surface area contributed by atoms with Gasteiger partial charge in [0.1, 0.15) is 0 Å². The van der Waals surface area contributed by atoms with E-state index in [1.54, 1.807) is 6.92 Å². The summed E-state index contributed by atoms with van der Waals surface area (Å²) >= 11 is 0. The van der Waals surface area contributed by atoms with Crippen molar-refractivity contribution in [3.8, 4) is 0 Å². The van der Waals surface area contributed by atoms with E-state index in [4.69, 9.17) is 4.74 Å². The van der Waals surface area contributed by atoms with Crippen molar-refractivity contribution in [2.45, 2.75) is 83.6 Å². The molecule has 1 rings (SSSR count). The van der Waals surface area contributed by atoms with Crippen LogP contribution in [0.4, 0.5) is 0 Å². The summed E-state index contributed by atoms with van der Waals surface area (Å²) in [7, 11) is 0. The lowest BCUT2D eigenvalue weighted by Crippen LogP contribution is -2.39. The Balaban J connectivity index is 2.16. The van der Waals surface area contributed by atoms with Gasteiger partial charge < -0.3 is 20.3 Å². The number of aliphatic hydroxyl groups excluding tert-OH is 2. The fourth-order valence-corrected chi connectivity index (χ4v) is 3.09. The maximum Gasteiger partial charge on any atom is 0.0897 e. The lowest BCUT2D eigenvalue weighted by Gasteiger charge is -2.31. The number of rotatable bonds is 9. The zero-order valence-corrected chi connectivity index (χ0v) is 13.3. The smallest absolute Gasteiger partial charge is 0.0897 e. The van der Waals surface area contributed by atoms with Crippen LogP contribution in [-0.2, 0) is 4.74 Å². The summed E-state index contributed by atoms with van der Waals surface area (Å²) in [6.45, 7) is 6.97. The van der Waals surface area contributed by atoms with Crippen LogP contribution >= 0.6 is 0 Å². The Kier molecular flexibility index (Phi) is 8.69. The average molecular weight is 287 g/mol. The van der Waals surface area contributed by atoms with Crippen molar-refractivity contribution in [1.29, 1.82) is 0 Å². The van der Waals surface area contributed by atoms with Gasteiger partial charge in [0.05, 0.1) is 24.9 Å². The molecule has 0 aromatic heterocycles. The number of ether oxygens (including phenoxy) is 1. The minimum absolute atomic E-state index is 0.211. The molecule has 0 aliphatic heterocycles. The summed E-state index contributed by atoms with van der Waals surface area (Å²) in [6, 6.07) is 0.211. The molecule has 20 heavy (non-hydrogen) atoms. The average Bonchev–Trinajstić information content (AvgIpc) is 2.42. The first kappa shape index (κ1) is 17.9. The number of hydrogen-bond donors (Lipinski definition) is 3. The SMILES string of the molecule is CCC1CCCCC1OCC(O)CNC(C)CC(C)O. The van der Waals surface area contributed by atoms with Crippen LogP contribution in [0.1, 0.15) is 59.3 Å². The first-order valence-corrected chi connectivity index (χ1v) is 8.24. The van der Waals surface area contributed by atoms with Crippen molar-refractivity contribution in [2.24, 2.45) is 5.92 Å². The summed E-state index contributed by atoms with van der Waals surface area (Å²) in [5.41, 5.74) is 0. The van der Waals surface area contributed by atoms with Crippen molar-refractivity contribution in [1.82, 2.24) is 5.32 Å². The molecule has 0 amide bonds. The van der Waals surface area contributed by atoms with E-state index in [1.165, 1.54) is 25.7 Å². The Hall–Kier alpha value is -0.160. The van der Waals surface area contributed by atoms with E-state index in [1.807, 2.05) is 6.92 Å². The molecular weight excluding hydrogens is 254 g/mol. The van der Waals surface area contributed by atoms with Crippen LogP contribution < -0.4 is 5.32 Å². The number of nitrogens with one attached hydrogen (secondary N) is 1. The molecule has 5 unspecified atom stereocenters. The van der Waals surface area contributed by atoms with Crippen LogP contribution in [-0.4, -0.2) is 47.7 Å². The molecule has 3 N–H and O–H groups in total. The molecule has 1 fully saturated rings. The van der Waals surface area contributed by atoms with Crippen molar-refractivity contribution in [3.63, 3.8) is 0 Å². The van der Waals surface area contributed by atoms with Crippen molar-refractivity contribution < 1.29 is 14.9 Å². The van der Waals surface area contributed by atoms with Crippen LogP contribution in [0, 0.1) is 5.92 Å². The third-order valence-electron chi connectivity index (χ3n) is 4.26. The summed E-state index contributed by atoms with van der Waals surface area (Å²) in [5, 5.41) is 22.5. The highest BCUT2D eigenvalue weighted by Crippen LogP contribution is 2.29. The van der Waals surface area contributed by atoms with Crippen molar-refractivity contribution in [3.05, 3.63) is 0 Å². The van der Waals surface area contributed by atoms with Gasteiger partial charge >= 0.3 is 0 Å². The molecule has 1 aliphatic rings. The quantitative estimate of drug-likeness (QED) is 0.607. The van der Waals surface area contributed by atoms with Gasteiger partial charge in [0, 0.05) is 12.6 Å². The standard InChI is InChI=1S/C16H33NO3/c1-4-14-7-5-6-8-16(14)20-11-15(19)10-17-12(2)9-13(3)18/h12-19H,4-11H2,1-3H3. The molecule has 120 valence electrons. The van der Waals surface area contributed by atoms with E-state index in [-0.39, 0.29) is 12.1 Å². The second kappa shape index (κ2) is 9.72. The lowest BCUT2D eigenvalue weighted by molar-refractivity contribution is -0.0504. The normalized spacial score (nSPS) is 28.1. The number of hydrogen-bond acceptors (Lipinski definition) is 4. The first-order valence-electron chi connectivity index (χ1n) is 8.24. The highest BCUT2D eigenvalue weighted by molar-refractivity contribution is 4.76. The maximum atomic E-state index is 9.97. The van der Waals surface area contributed by atoms with E-state index in [9.17, 15) is 10.2 Å². The molecule has 1 aliphatic carbocycles. The van der Waals surface area contributed by atoms with E-state index >= 15 is 0 Å². The molecule has 5 atom stereocenters. The molecular formula is C16H33NO3. The van der Waals surface area contributed by atoms with Gasteiger partial charge in [-0.15, -0.1) is 0 Å². The second-order valence-electron chi connectivity index (χ2n) is 6.37. The van der Waals surface area contributed by atoms with E-state index in [2.05, 4.69) is 12.2 Å². The van der Waals surface area contributed by atoms with Crippen molar-refractivity contribution >= 4 is 0 Å². The fourth-order valence-electron chi connectivity index (χ4n) is 3.09. The predicted molar refractivity (Wildman–Crippen MR) is 81.8 cm³/mol. The molecule has 4 heteroatoms. The molecule has 4 nitrogen and oxygen atoms in total. The Morgan fingerprint density at radius 1 is 1.20 bits per heavy atom. The van der Waals surface area contributed by atoms with E-state index in [0.717, 1.165) is 6.42 Å². The topological polar surface area (TPSA) is 61.7 Å². The van der Waals surface area contributed by atoms with Crippen LogP contribution in [0.2, 0.25) is 0 Å². The van der Waals surface area contributed by atoms with Crippen LogP contribution in [0.25, 0.3) is 0 Å². The molecule has 1 saturated carbocycles. The third-order valence-corrected chi connectivity index (χ3v) is 4.26. The lowest BCUT2D eigenvalue weighted by atomic mass is 9.85. The van der Waals surface area contributed by atoms with Crippen LogP contribution in [0.15, 0.2) is 0 Å². The predicted octanol–water partition coefficient (Wildman–Crippen LogP) is 2.08. The highest BCUT2D eigenvalue weighted by atomic mass is 16.5. The van der Waals surface area contributed by atoms with Crippen molar-refractivity contribution in [2.75, 3.05) is 13.2 Å². The van der Waals surface area contributed by atoms with Gasteiger partial charge in [0.25, 0.3) is 0 Å². The third kappa shape index (κ3) is 7.02. The molecule has 0 aromatic carbocycles. The molecule has 0 aromatic rings. The first-order chi connectivity index (χ1) is 9.52. The summed E-state index contributed by atoms with van der Waals surface area (Å²) < 4.78 is 5.92. The zero-order valence-electron chi connectivity index (χ0n) is 13.3. The van der Waals surface area contributed by atoms with Gasteiger partial charge in [-0.3, -0.25) is 0 Å². The Morgan fingerprint density at radius 2 is 1.90 bits per heavy atom. The Bertz CT molecular complexity index is 248. The Morgan fingerprint density at radius 3 is 2.55 bits per heavy atom. The zero-order chi connectivity index (χ0) is 15.0. The van der Waals surface area contributed by atoms with E-state index in [0.29, 0.717) is 31.6 Å². The van der Waals surface area contributed by atoms with E-state index < -0.39 is 6.10 Å². The second-order valence-corrected chi connectivity index (χ2v) is 6.37. The summed E-state index contributed by atoms with van der Waals surface area (Å²) in [5.74, 6) is 0.665. The minimum atomic E-state index is -0.467. The van der Waals surface area contributed by atoms with Gasteiger partial charge in [-0.25, -0.2) is 0 Å². The van der Waals surface area contributed by atoms with Gasteiger partial charge in [-0.1, -0.05) is 26.2 Å². The largest absolute Gasteiger partial charge is 0.393 e. The van der Waals surface area contributed by atoms with Gasteiger partial charge in [0.15, 0.2) is 0 Å². The molecule has 0 saturated heterocycles. The molecule has 0 spiro atoms.